The molecule has 3 rings (SSSR count). The molecule has 1 atom stereocenters. The van der Waals surface area contributed by atoms with E-state index in [-0.39, 0.29) is 11.3 Å². The monoisotopic (exact) mass is 417 g/mol. The summed E-state index contributed by atoms with van der Waals surface area (Å²) in [5.41, 5.74) is 2.28. The second kappa shape index (κ2) is 9.41. The van der Waals surface area contributed by atoms with Gasteiger partial charge < -0.3 is 19.8 Å². The minimum absolute atomic E-state index is 0.139. The topological polar surface area (TPSA) is 121 Å². The first-order valence-electron chi connectivity index (χ1n) is 9.35. The molecule has 0 unspecified atom stereocenters. The van der Waals surface area contributed by atoms with E-state index in [1.165, 1.54) is 25.3 Å². The maximum Gasteiger partial charge on any atom is 0.338 e. The minimum atomic E-state index is -1.06. The summed E-state index contributed by atoms with van der Waals surface area (Å²) in [6, 6.07) is 16.1. The van der Waals surface area contributed by atoms with Crippen LogP contribution in [0.2, 0.25) is 0 Å². The molecule has 1 heterocycles. The lowest BCUT2D eigenvalue weighted by atomic mass is 10.1. The van der Waals surface area contributed by atoms with E-state index in [1.54, 1.807) is 49.4 Å². The molecule has 8 nitrogen and oxygen atoms in total. The van der Waals surface area contributed by atoms with E-state index in [2.05, 4.69) is 10.6 Å². The highest BCUT2D eigenvalue weighted by Crippen LogP contribution is 2.19. The molecule has 8 heteroatoms. The number of hydrogen-bond donors (Lipinski definition) is 2. The largest absolute Gasteiger partial charge is 0.459 e. The molecule has 0 aliphatic rings. The van der Waals surface area contributed by atoms with Gasteiger partial charge in [0.1, 0.15) is 0 Å². The summed E-state index contributed by atoms with van der Waals surface area (Å²) in [6.07, 6.45) is 0.325. The van der Waals surface area contributed by atoms with Gasteiger partial charge >= 0.3 is 5.97 Å². The van der Waals surface area contributed by atoms with Gasteiger partial charge in [-0.15, -0.1) is 0 Å². The lowest BCUT2D eigenvalue weighted by Gasteiger charge is -2.14. The molecule has 0 aliphatic heterocycles. The van der Waals surface area contributed by atoms with E-state index in [0.29, 0.717) is 16.9 Å². The van der Waals surface area contributed by atoms with Crippen molar-refractivity contribution in [2.75, 3.05) is 10.6 Å². The number of amides is 2. The lowest BCUT2D eigenvalue weighted by molar-refractivity contribution is -0.123. The molecule has 2 N–H and O–H groups in total. The molecule has 2 aromatic carbocycles. The molecule has 2 amide bonds. The van der Waals surface area contributed by atoms with Crippen molar-refractivity contribution in [3.63, 3.8) is 0 Å². The summed E-state index contributed by atoms with van der Waals surface area (Å²) >= 11 is 0. The fraction of sp³-hybridized carbons (Fsp3) is 0.130. The Hall–Kier alpha value is -4.38. The van der Waals surface area contributed by atoms with Gasteiger partial charge in [-0.25, -0.2) is 4.79 Å². The normalized spacial score (nSPS) is 11.1. The van der Waals surface area contributed by atoms with Crippen molar-refractivity contribution in [2.45, 2.75) is 20.0 Å². The maximum atomic E-state index is 12.5. The molecular formula is C23H19N3O5. The molecular weight excluding hydrogens is 398 g/mol. The van der Waals surface area contributed by atoms with Crippen LogP contribution in [0.1, 0.15) is 39.0 Å². The molecule has 0 radical (unpaired) electrons. The fourth-order valence-corrected chi connectivity index (χ4v) is 2.63. The van der Waals surface area contributed by atoms with E-state index in [0.717, 1.165) is 5.56 Å². The van der Waals surface area contributed by atoms with Gasteiger partial charge in [-0.3, -0.25) is 9.59 Å². The highest BCUT2D eigenvalue weighted by atomic mass is 16.5. The lowest BCUT2D eigenvalue weighted by Crippen LogP contribution is -2.30. The van der Waals surface area contributed by atoms with Crippen LogP contribution in [0.3, 0.4) is 0 Å². The molecule has 0 fully saturated rings. The number of nitriles is 1. The van der Waals surface area contributed by atoms with Crippen LogP contribution in [0.4, 0.5) is 11.4 Å². The first-order chi connectivity index (χ1) is 14.9. The smallest absolute Gasteiger partial charge is 0.338 e. The third kappa shape index (κ3) is 5.36. The zero-order valence-electron chi connectivity index (χ0n) is 16.8. The first-order valence-corrected chi connectivity index (χ1v) is 9.35. The Kier molecular flexibility index (Phi) is 6.48. The van der Waals surface area contributed by atoms with Crippen LogP contribution >= 0.6 is 0 Å². The van der Waals surface area contributed by atoms with Crippen LogP contribution in [0, 0.1) is 18.3 Å². The van der Waals surface area contributed by atoms with Gasteiger partial charge in [-0.1, -0.05) is 6.07 Å². The summed E-state index contributed by atoms with van der Waals surface area (Å²) < 4.78 is 10.3. The van der Waals surface area contributed by atoms with Gasteiger partial charge in [-0.05, 0) is 67.9 Å². The van der Waals surface area contributed by atoms with Gasteiger partial charge in [0.25, 0.3) is 11.8 Å². The highest BCUT2D eigenvalue weighted by molar-refractivity contribution is 6.03. The summed E-state index contributed by atoms with van der Waals surface area (Å²) in [6.45, 7) is 3.23. The van der Waals surface area contributed by atoms with Gasteiger partial charge in [-0.2, -0.15) is 5.26 Å². The Morgan fingerprint density at radius 3 is 2.45 bits per heavy atom. The number of esters is 1. The number of carbonyl (C=O) groups excluding carboxylic acids is 3. The number of rotatable bonds is 6. The maximum absolute atomic E-state index is 12.5. The van der Waals surface area contributed by atoms with E-state index in [4.69, 9.17) is 14.4 Å². The predicted molar refractivity (Wildman–Crippen MR) is 113 cm³/mol. The van der Waals surface area contributed by atoms with Crippen molar-refractivity contribution in [3.8, 4) is 6.07 Å². The Bertz CT molecular complexity index is 1140. The van der Waals surface area contributed by atoms with Crippen molar-refractivity contribution in [3.05, 3.63) is 83.3 Å². The minimum Gasteiger partial charge on any atom is -0.459 e. The average Bonchev–Trinajstić information content (AvgIpc) is 3.30. The molecule has 0 spiro atoms. The number of benzene rings is 2. The summed E-state index contributed by atoms with van der Waals surface area (Å²) in [5, 5.41) is 14.1. The van der Waals surface area contributed by atoms with E-state index < -0.39 is 23.9 Å². The van der Waals surface area contributed by atoms with Crippen LogP contribution in [0.15, 0.2) is 65.3 Å². The van der Waals surface area contributed by atoms with Crippen LogP contribution < -0.4 is 10.6 Å². The summed E-state index contributed by atoms with van der Waals surface area (Å²) in [7, 11) is 0. The molecule has 1 aromatic heterocycles. The second-order valence-corrected chi connectivity index (χ2v) is 6.69. The highest BCUT2D eigenvalue weighted by Gasteiger charge is 2.20. The fourth-order valence-electron chi connectivity index (χ4n) is 2.63. The van der Waals surface area contributed by atoms with Crippen LogP contribution in [-0.2, 0) is 9.53 Å². The third-order valence-electron chi connectivity index (χ3n) is 4.40. The van der Waals surface area contributed by atoms with Crippen molar-refractivity contribution in [1.29, 1.82) is 5.26 Å². The number of hydrogen-bond acceptors (Lipinski definition) is 6. The second-order valence-electron chi connectivity index (χ2n) is 6.69. The van der Waals surface area contributed by atoms with Crippen LogP contribution in [0.5, 0.6) is 0 Å². The summed E-state index contributed by atoms with van der Waals surface area (Å²) in [5.74, 6) is -1.54. The number of carbonyl (C=O) groups is 3. The Morgan fingerprint density at radius 1 is 1.06 bits per heavy atom. The van der Waals surface area contributed by atoms with Gasteiger partial charge in [0.15, 0.2) is 11.9 Å². The number of furan rings is 1. The molecule has 0 saturated heterocycles. The van der Waals surface area contributed by atoms with Gasteiger partial charge in [0, 0.05) is 11.4 Å². The molecule has 0 aliphatic carbocycles. The predicted octanol–water partition coefficient (Wildman–Crippen LogP) is 3.90. The van der Waals surface area contributed by atoms with Gasteiger partial charge in [0.05, 0.1) is 23.5 Å². The average molecular weight is 417 g/mol. The van der Waals surface area contributed by atoms with E-state index >= 15 is 0 Å². The molecule has 31 heavy (non-hydrogen) atoms. The van der Waals surface area contributed by atoms with E-state index in [9.17, 15) is 14.4 Å². The quantitative estimate of drug-likeness (QED) is 0.587. The van der Waals surface area contributed by atoms with Gasteiger partial charge in [0.2, 0.25) is 0 Å². The van der Waals surface area contributed by atoms with Crippen LogP contribution in [0.25, 0.3) is 0 Å². The molecule has 156 valence electrons. The summed E-state index contributed by atoms with van der Waals surface area (Å²) in [4.78, 5) is 37.0. The first kappa shape index (κ1) is 21.3. The number of nitrogens with zero attached hydrogens (tertiary/aromatic N) is 1. The Balaban J connectivity index is 1.64. The molecule has 0 saturated carbocycles. The van der Waals surface area contributed by atoms with Crippen molar-refractivity contribution in [2.24, 2.45) is 0 Å². The Labute approximate surface area is 178 Å². The SMILES string of the molecule is Cc1ccc(C(=O)O[C@H](C)C(=O)Nc2ccc(C#N)cc2)cc1NC(=O)c1ccco1. The van der Waals surface area contributed by atoms with E-state index in [1.807, 2.05) is 6.07 Å². The standard InChI is InChI=1S/C23H19N3O5/c1-14-5-8-17(12-19(14)26-22(28)20-4-3-11-30-20)23(29)31-15(2)21(27)25-18-9-6-16(13-24)7-10-18/h3-12,15H,1-2H3,(H,25,27)(H,26,28)/t15-/m1/s1. The zero-order chi connectivity index (χ0) is 22.4. The van der Waals surface area contributed by atoms with Crippen LogP contribution in [-0.4, -0.2) is 23.9 Å². The van der Waals surface area contributed by atoms with Crippen molar-refractivity contribution < 1.29 is 23.5 Å². The number of anilines is 2. The van der Waals surface area contributed by atoms with Crippen molar-refractivity contribution in [1.82, 2.24) is 0 Å². The number of aryl methyl sites for hydroxylation is 1. The number of ether oxygens (including phenoxy) is 1. The Morgan fingerprint density at radius 2 is 1.81 bits per heavy atom. The number of nitrogens with one attached hydrogen (secondary N) is 2. The molecule has 3 aromatic rings. The third-order valence-corrected chi connectivity index (χ3v) is 4.40. The van der Waals surface area contributed by atoms with Crippen molar-refractivity contribution >= 4 is 29.2 Å². The zero-order valence-corrected chi connectivity index (χ0v) is 16.8. The molecule has 0 bridgehead atoms.